The summed E-state index contributed by atoms with van der Waals surface area (Å²) in [4.78, 5) is 26.3. The zero-order valence-corrected chi connectivity index (χ0v) is 15.9. The number of carbonyl (C=O) groups excluding carboxylic acids is 2. The summed E-state index contributed by atoms with van der Waals surface area (Å²) in [6, 6.07) is 10.9. The Bertz CT molecular complexity index is 668. The molecule has 0 bridgehead atoms. The Labute approximate surface area is 149 Å². The third-order valence-electron chi connectivity index (χ3n) is 2.95. The summed E-state index contributed by atoms with van der Waals surface area (Å²) in [5.74, 6) is -0.798. The number of nitrogens with zero attached hydrogens (tertiary/aromatic N) is 1. The van der Waals surface area contributed by atoms with Gasteiger partial charge in [-0.3, -0.25) is 4.79 Å². The van der Waals surface area contributed by atoms with E-state index in [4.69, 9.17) is 4.74 Å². The van der Waals surface area contributed by atoms with Crippen molar-refractivity contribution in [2.24, 2.45) is 0 Å². The molecular formula is C15H13Br2NO3S. The number of para-hydroxylation sites is 1. The molecule has 2 aromatic rings. The highest BCUT2D eigenvalue weighted by molar-refractivity contribution is 9.13. The van der Waals surface area contributed by atoms with Gasteiger partial charge in [0.2, 0.25) is 0 Å². The first kappa shape index (κ1) is 17.2. The van der Waals surface area contributed by atoms with E-state index < -0.39 is 12.1 Å². The van der Waals surface area contributed by atoms with Crippen molar-refractivity contribution in [3.8, 4) is 0 Å². The van der Waals surface area contributed by atoms with Crippen LogP contribution in [-0.2, 0) is 9.53 Å². The fourth-order valence-electron chi connectivity index (χ4n) is 1.77. The average molecular weight is 447 g/mol. The van der Waals surface area contributed by atoms with E-state index in [1.54, 1.807) is 20.0 Å². The first-order chi connectivity index (χ1) is 10.4. The lowest BCUT2D eigenvalue weighted by molar-refractivity contribution is -0.126. The molecule has 0 unspecified atom stereocenters. The van der Waals surface area contributed by atoms with Gasteiger partial charge in [0.1, 0.15) is 4.88 Å². The maximum Gasteiger partial charge on any atom is 0.349 e. The van der Waals surface area contributed by atoms with Gasteiger partial charge in [-0.25, -0.2) is 4.79 Å². The summed E-state index contributed by atoms with van der Waals surface area (Å²) in [5, 5.41) is 0. The van der Waals surface area contributed by atoms with Gasteiger partial charge in [0.25, 0.3) is 5.91 Å². The minimum atomic E-state index is -0.864. The molecule has 0 saturated carbocycles. The molecule has 1 amide bonds. The molecule has 0 aliphatic carbocycles. The van der Waals surface area contributed by atoms with Crippen LogP contribution >= 0.6 is 43.2 Å². The normalized spacial score (nSPS) is 11.8. The fraction of sp³-hybridized carbons (Fsp3) is 0.200. The number of amides is 1. The quantitative estimate of drug-likeness (QED) is 0.650. The molecule has 4 nitrogen and oxygen atoms in total. The minimum absolute atomic E-state index is 0.283. The van der Waals surface area contributed by atoms with E-state index in [1.165, 1.54) is 16.2 Å². The summed E-state index contributed by atoms with van der Waals surface area (Å²) >= 11 is 7.89. The Balaban J connectivity index is 2.03. The molecule has 22 heavy (non-hydrogen) atoms. The van der Waals surface area contributed by atoms with E-state index in [1.807, 2.05) is 30.3 Å². The van der Waals surface area contributed by atoms with Crippen LogP contribution in [0.3, 0.4) is 0 Å². The van der Waals surface area contributed by atoms with Crippen molar-refractivity contribution >= 4 is 60.8 Å². The van der Waals surface area contributed by atoms with Gasteiger partial charge < -0.3 is 9.64 Å². The number of hydrogen-bond donors (Lipinski definition) is 0. The van der Waals surface area contributed by atoms with E-state index in [-0.39, 0.29) is 5.91 Å². The van der Waals surface area contributed by atoms with E-state index >= 15 is 0 Å². The number of anilines is 1. The van der Waals surface area contributed by atoms with Crippen LogP contribution in [0, 0.1) is 0 Å². The molecular weight excluding hydrogens is 434 g/mol. The number of hydrogen-bond acceptors (Lipinski definition) is 4. The molecule has 1 aromatic heterocycles. The van der Waals surface area contributed by atoms with Crippen molar-refractivity contribution in [2.75, 3.05) is 11.9 Å². The van der Waals surface area contributed by atoms with E-state index in [2.05, 4.69) is 31.9 Å². The van der Waals surface area contributed by atoms with Gasteiger partial charge in [-0.2, -0.15) is 0 Å². The molecule has 1 aromatic carbocycles. The van der Waals surface area contributed by atoms with Crippen LogP contribution in [0.1, 0.15) is 16.6 Å². The van der Waals surface area contributed by atoms with Gasteiger partial charge in [-0.1, -0.05) is 18.2 Å². The van der Waals surface area contributed by atoms with E-state index in [0.717, 1.165) is 13.9 Å². The van der Waals surface area contributed by atoms with Gasteiger partial charge >= 0.3 is 5.97 Å². The molecule has 0 fully saturated rings. The van der Waals surface area contributed by atoms with Crippen molar-refractivity contribution in [3.63, 3.8) is 0 Å². The van der Waals surface area contributed by atoms with Crippen LogP contribution < -0.4 is 4.90 Å². The highest BCUT2D eigenvalue weighted by Gasteiger charge is 2.24. The number of carbonyl (C=O) groups is 2. The van der Waals surface area contributed by atoms with E-state index in [9.17, 15) is 9.59 Å². The molecule has 0 aliphatic heterocycles. The summed E-state index contributed by atoms with van der Waals surface area (Å²) in [6.45, 7) is 1.57. The van der Waals surface area contributed by atoms with Gasteiger partial charge in [-0.05, 0) is 57.0 Å². The summed E-state index contributed by atoms with van der Waals surface area (Å²) in [7, 11) is 1.65. The second-order valence-corrected chi connectivity index (χ2v) is 7.74. The number of benzene rings is 1. The molecule has 2 rings (SSSR count). The predicted octanol–water partition coefficient (Wildman–Crippen LogP) is 4.48. The minimum Gasteiger partial charge on any atom is -0.448 e. The standard InChI is InChI=1S/C15H13Br2NO3S/c1-9(14(19)18(2)10-6-4-3-5-7-10)21-15(20)12-8-11(16)13(17)22-12/h3-9H,1-2H3/t9-/m1/s1. The highest BCUT2D eigenvalue weighted by atomic mass is 79.9. The molecule has 0 aliphatic rings. The van der Waals surface area contributed by atoms with Crippen molar-refractivity contribution in [1.82, 2.24) is 0 Å². The Morgan fingerprint density at radius 2 is 1.86 bits per heavy atom. The second kappa shape index (κ2) is 7.39. The first-order valence-corrected chi connectivity index (χ1v) is 8.79. The number of ether oxygens (including phenoxy) is 1. The third kappa shape index (κ3) is 3.97. The molecule has 1 heterocycles. The summed E-state index contributed by atoms with van der Waals surface area (Å²) < 4.78 is 6.84. The Kier molecular flexibility index (Phi) is 5.77. The van der Waals surface area contributed by atoms with Crippen molar-refractivity contribution in [3.05, 3.63) is 49.5 Å². The Morgan fingerprint density at radius 1 is 1.23 bits per heavy atom. The lowest BCUT2D eigenvalue weighted by Gasteiger charge is -2.21. The number of rotatable bonds is 4. The first-order valence-electron chi connectivity index (χ1n) is 6.38. The molecule has 0 spiro atoms. The monoisotopic (exact) mass is 445 g/mol. The smallest absolute Gasteiger partial charge is 0.349 e. The number of likely N-dealkylation sites (N-methyl/N-ethyl adjacent to an activating group) is 1. The summed E-state index contributed by atoms with van der Waals surface area (Å²) in [6.07, 6.45) is -0.864. The number of halogens is 2. The molecule has 116 valence electrons. The summed E-state index contributed by atoms with van der Waals surface area (Å²) in [5.41, 5.74) is 0.747. The maximum absolute atomic E-state index is 12.3. The van der Waals surface area contributed by atoms with Gasteiger partial charge in [0.15, 0.2) is 6.10 Å². The highest BCUT2D eigenvalue weighted by Crippen LogP contribution is 2.32. The van der Waals surface area contributed by atoms with Crippen molar-refractivity contribution in [2.45, 2.75) is 13.0 Å². The van der Waals surface area contributed by atoms with Crippen molar-refractivity contribution < 1.29 is 14.3 Å². The molecule has 1 atom stereocenters. The third-order valence-corrected chi connectivity index (χ3v) is 6.19. The van der Waals surface area contributed by atoms with Gasteiger partial charge in [-0.15, -0.1) is 11.3 Å². The largest absolute Gasteiger partial charge is 0.448 e. The lowest BCUT2D eigenvalue weighted by atomic mass is 10.2. The predicted molar refractivity (Wildman–Crippen MR) is 94.4 cm³/mol. The zero-order chi connectivity index (χ0) is 16.3. The SMILES string of the molecule is C[C@@H](OC(=O)c1cc(Br)c(Br)s1)C(=O)N(C)c1ccccc1. The maximum atomic E-state index is 12.3. The fourth-order valence-corrected chi connectivity index (χ4v) is 3.69. The van der Waals surface area contributed by atoms with Gasteiger partial charge in [0, 0.05) is 17.2 Å². The van der Waals surface area contributed by atoms with Crippen LogP contribution in [0.4, 0.5) is 5.69 Å². The van der Waals surface area contributed by atoms with Crippen LogP contribution in [0.25, 0.3) is 0 Å². The zero-order valence-electron chi connectivity index (χ0n) is 11.9. The van der Waals surface area contributed by atoms with Crippen LogP contribution in [-0.4, -0.2) is 25.0 Å². The molecule has 0 saturated heterocycles. The Hall–Kier alpha value is -1.18. The topological polar surface area (TPSA) is 46.6 Å². The van der Waals surface area contributed by atoms with Crippen molar-refractivity contribution in [1.29, 1.82) is 0 Å². The van der Waals surface area contributed by atoms with Crippen LogP contribution in [0.5, 0.6) is 0 Å². The molecule has 7 heteroatoms. The average Bonchev–Trinajstić information content (AvgIpc) is 2.86. The number of thiophene rings is 1. The lowest BCUT2D eigenvalue weighted by Crippen LogP contribution is -2.37. The van der Waals surface area contributed by atoms with Gasteiger partial charge in [0.05, 0.1) is 3.79 Å². The number of esters is 1. The Morgan fingerprint density at radius 3 is 2.41 bits per heavy atom. The second-order valence-electron chi connectivity index (χ2n) is 4.51. The van der Waals surface area contributed by atoms with Crippen LogP contribution in [0.2, 0.25) is 0 Å². The molecule has 0 N–H and O–H groups in total. The van der Waals surface area contributed by atoms with Crippen LogP contribution in [0.15, 0.2) is 44.7 Å². The molecule has 0 radical (unpaired) electrons. The van der Waals surface area contributed by atoms with E-state index in [0.29, 0.717) is 4.88 Å².